The Morgan fingerprint density at radius 1 is 1.67 bits per heavy atom. The first-order chi connectivity index (χ1) is 7.00. The molecule has 0 aliphatic carbocycles. The summed E-state index contributed by atoms with van der Waals surface area (Å²) in [5.74, 6) is 0.354. The first-order valence-electron chi connectivity index (χ1n) is 4.78. The Morgan fingerprint density at radius 2 is 2.33 bits per heavy atom. The second kappa shape index (κ2) is 4.79. The van der Waals surface area contributed by atoms with E-state index in [1.165, 1.54) is 6.33 Å². The highest BCUT2D eigenvalue weighted by atomic mass is 16.3. The van der Waals surface area contributed by atoms with Gasteiger partial charge in [0.25, 0.3) is 5.56 Å². The van der Waals surface area contributed by atoms with Crippen LogP contribution in [0.1, 0.15) is 20.3 Å². The minimum atomic E-state index is -0.407. The Hall–Kier alpha value is -1.56. The third-order valence-corrected chi connectivity index (χ3v) is 1.97. The van der Waals surface area contributed by atoms with Gasteiger partial charge in [-0.05, 0) is 20.3 Å². The second-order valence-electron chi connectivity index (χ2n) is 3.62. The molecule has 1 aromatic heterocycles. The summed E-state index contributed by atoms with van der Waals surface area (Å²) < 4.78 is 0. The first-order valence-corrected chi connectivity index (χ1v) is 4.78. The molecule has 1 rings (SSSR count). The van der Waals surface area contributed by atoms with Gasteiger partial charge in [-0.2, -0.15) is 0 Å². The molecule has 1 heterocycles. The molecular weight excluding hydrogens is 196 g/mol. The van der Waals surface area contributed by atoms with Crippen LogP contribution in [0.25, 0.3) is 0 Å². The van der Waals surface area contributed by atoms with Crippen molar-refractivity contribution in [3.63, 3.8) is 0 Å². The molecule has 15 heavy (non-hydrogen) atoms. The summed E-state index contributed by atoms with van der Waals surface area (Å²) >= 11 is 0. The van der Waals surface area contributed by atoms with Crippen molar-refractivity contribution in [3.8, 4) is 0 Å². The van der Waals surface area contributed by atoms with Crippen LogP contribution in [0.15, 0.2) is 11.1 Å². The predicted octanol–water partition coefficient (Wildman–Crippen LogP) is -0.0766. The van der Waals surface area contributed by atoms with Crippen LogP contribution >= 0.6 is 0 Å². The van der Waals surface area contributed by atoms with Crippen molar-refractivity contribution >= 4 is 11.5 Å². The highest BCUT2D eigenvalue weighted by Gasteiger charge is 2.09. The van der Waals surface area contributed by atoms with Gasteiger partial charge in [-0.1, -0.05) is 0 Å². The molecule has 0 aliphatic rings. The van der Waals surface area contributed by atoms with Crippen molar-refractivity contribution in [3.05, 3.63) is 16.7 Å². The summed E-state index contributed by atoms with van der Waals surface area (Å²) in [5, 5.41) is 12.1. The number of aromatic amines is 1. The smallest absolute Gasteiger partial charge is 0.276 e. The monoisotopic (exact) mass is 212 g/mol. The minimum Gasteiger partial charge on any atom is -0.393 e. The van der Waals surface area contributed by atoms with Crippen molar-refractivity contribution in [2.45, 2.75) is 32.4 Å². The number of nitrogens with two attached hydrogens (primary N) is 1. The van der Waals surface area contributed by atoms with Crippen LogP contribution < -0.4 is 16.6 Å². The van der Waals surface area contributed by atoms with E-state index in [1.54, 1.807) is 6.92 Å². The number of H-pyrrole nitrogens is 1. The maximum atomic E-state index is 11.1. The van der Waals surface area contributed by atoms with Gasteiger partial charge in [-0.3, -0.25) is 4.79 Å². The van der Waals surface area contributed by atoms with Crippen LogP contribution in [0.5, 0.6) is 0 Å². The van der Waals surface area contributed by atoms with Crippen molar-refractivity contribution in [2.75, 3.05) is 11.1 Å². The number of aliphatic hydroxyl groups excluding tert-OH is 1. The fraction of sp³-hybridized carbons (Fsp3) is 0.556. The zero-order valence-corrected chi connectivity index (χ0v) is 8.82. The number of rotatable bonds is 4. The fourth-order valence-corrected chi connectivity index (χ4v) is 1.33. The fourth-order valence-electron chi connectivity index (χ4n) is 1.33. The van der Waals surface area contributed by atoms with Gasteiger partial charge in [-0.25, -0.2) is 4.98 Å². The van der Waals surface area contributed by atoms with Gasteiger partial charge in [0.2, 0.25) is 0 Å². The number of aromatic nitrogens is 2. The topological polar surface area (TPSA) is 104 Å². The van der Waals surface area contributed by atoms with Crippen LogP contribution in [0.4, 0.5) is 11.5 Å². The van der Waals surface area contributed by atoms with Gasteiger partial charge < -0.3 is 21.1 Å². The van der Waals surface area contributed by atoms with Gasteiger partial charge in [0.15, 0.2) is 5.82 Å². The predicted molar refractivity (Wildman–Crippen MR) is 58.7 cm³/mol. The number of aliphatic hydroxyl groups is 1. The maximum absolute atomic E-state index is 11.1. The SMILES string of the molecule is CC(O)CC(C)Nc1nc[nH]c(=O)c1N. The Labute approximate surface area is 87.5 Å². The van der Waals surface area contributed by atoms with Gasteiger partial charge in [0.1, 0.15) is 5.69 Å². The zero-order chi connectivity index (χ0) is 11.4. The molecule has 0 amide bonds. The number of nitrogens with one attached hydrogen (secondary N) is 2. The van der Waals surface area contributed by atoms with Crippen LogP contribution in [0.2, 0.25) is 0 Å². The summed E-state index contributed by atoms with van der Waals surface area (Å²) in [6, 6.07) is 0.00148. The van der Waals surface area contributed by atoms with Crippen molar-refractivity contribution in [1.82, 2.24) is 9.97 Å². The van der Waals surface area contributed by atoms with Crippen molar-refractivity contribution < 1.29 is 5.11 Å². The molecule has 0 bridgehead atoms. The number of hydrogen-bond acceptors (Lipinski definition) is 5. The summed E-state index contributed by atoms with van der Waals surface area (Å²) in [6.45, 7) is 3.59. The molecule has 2 unspecified atom stereocenters. The van der Waals surface area contributed by atoms with Gasteiger partial charge >= 0.3 is 0 Å². The third-order valence-electron chi connectivity index (χ3n) is 1.97. The molecule has 0 spiro atoms. The van der Waals surface area contributed by atoms with E-state index in [9.17, 15) is 4.79 Å². The molecule has 0 radical (unpaired) electrons. The van der Waals surface area contributed by atoms with E-state index in [1.807, 2.05) is 6.92 Å². The number of hydrogen-bond donors (Lipinski definition) is 4. The molecule has 0 aliphatic heterocycles. The quantitative estimate of drug-likeness (QED) is 0.559. The van der Waals surface area contributed by atoms with Crippen molar-refractivity contribution in [1.29, 1.82) is 0 Å². The Morgan fingerprint density at radius 3 is 2.93 bits per heavy atom. The van der Waals surface area contributed by atoms with Crippen LogP contribution in [-0.2, 0) is 0 Å². The highest BCUT2D eigenvalue weighted by molar-refractivity contribution is 5.59. The largest absolute Gasteiger partial charge is 0.393 e. The van der Waals surface area contributed by atoms with E-state index in [0.717, 1.165) is 0 Å². The van der Waals surface area contributed by atoms with E-state index in [0.29, 0.717) is 12.2 Å². The number of nitrogen functional groups attached to an aromatic ring is 1. The molecule has 0 fully saturated rings. The first kappa shape index (κ1) is 11.5. The molecule has 0 saturated carbocycles. The molecule has 6 nitrogen and oxygen atoms in total. The zero-order valence-electron chi connectivity index (χ0n) is 8.82. The third kappa shape index (κ3) is 3.25. The van der Waals surface area contributed by atoms with Gasteiger partial charge in [0, 0.05) is 6.04 Å². The molecule has 5 N–H and O–H groups in total. The van der Waals surface area contributed by atoms with E-state index < -0.39 is 6.10 Å². The molecule has 0 aromatic carbocycles. The molecule has 2 atom stereocenters. The normalized spacial score (nSPS) is 14.6. The summed E-state index contributed by atoms with van der Waals surface area (Å²) in [6.07, 6.45) is 1.44. The lowest BCUT2D eigenvalue weighted by Crippen LogP contribution is -2.24. The molecule has 0 saturated heterocycles. The van der Waals surface area contributed by atoms with Crippen LogP contribution in [-0.4, -0.2) is 27.2 Å². The van der Waals surface area contributed by atoms with Crippen molar-refractivity contribution in [2.24, 2.45) is 0 Å². The van der Waals surface area contributed by atoms with E-state index >= 15 is 0 Å². The lowest BCUT2D eigenvalue weighted by molar-refractivity contribution is 0.179. The lowest BCUT2D eigenvalue weighted by atomic mass is 10.1. The summed E-state index contributed by atoms with van der Waals surface area (Å²) in [5.41, 5.74) is 5.23. The molecule has 1 aromatic rings. The average molecular weight is 212 g/mol. The number of anilines is 2. The van der Waals surface area contributed by atoms with E-state index in [-0.39, 0.29) is 17.3 Å². The Balaban J connectivity index is 2.72. The van der Waals surface area contributed by atoms with E-state index in [4.69, 9.17) is 10.8 Å². The molecular formula is C9H16N4O2. The van der Waals surface area contributed by atoms with Crippen LogP contribution in [0.3, 0.4) is 0 Å². The second-order valence-corrected chi connectivity index (χ2v) is 3.62. The summed E-state index contributed by atoms with van der Waals surface area (Å²) in [7, 11) is 0. The minimum absolute atomic E-state index is 0.00148. The highest BCUT2D eigenvalue weighted by Crippen LogP contribution is 2.11. The van der Waals surface area contributed by atoms with Gasteiger partial charge in [0.05, 0.1) is 12.4 Å². The van der Waals surface area contributed by atoms with Crippen LogP contribution in [0, 0.1) is 0 Å². The Bertz CT molecular complexity index is 375. The Kier molecular flexibility index (Phi) is 3.68. The maximum Gasteiger partial charge on any atom is 0.276 e. The van der Waals surface area contributed by atoms with E-state index in [2.05, 4.69) is 15.3 Å². The van der Waals surface area contributed by atoms with Gasteiger partial charge in [-0.15, -0.1) is 0 Å². The summed E-state index contributed by atoms with van der Waals surface area (Å²) in [4.78, 5) is 17.4. The molecule has 6 heteroatoms. The standard InChI is InChI=1S/C9H16N4O2/c1-5(3-6(2)14)13-8-7(10)9(15)12-4-11-8/h4-6,14H,3,10H2,1-2H3,(H2,11,12,13,15). The number of nitrogens with zero attached hydrogens (tertiary/aromatic N) is 1. The lowest BCUT2D eigenvalue weighted by Gasteiger charge is -2.16. The average Bonchev–Trinajstić information content (AvgIpc) is 2.11. The molecule has 84 valence electrons.